The normalized spacial score (nSPS) is 16.2. The predicted octanol–water partition coefficient (Wildman–Crippen LogP) is 6.27. The van der Waals surface area contributed by atoms with Crippen LogP contribution in [0.4, 0.5) is 13.2 Å². The quantitative estimate of drug-likeness (QED) is 0.262. The number of hydrogen-bond donors (Lipinski definition) is 1. The average molecular weight is 538 g/mol. The third-order valence-corrected chi connectivity index (χ3v) is 7.12. The van der Waals surface area contributed by atoms with Gasteiger partial charge in [-0.15, -0.1) is 10.2 Å². The number of alkyl halides is 3. The van der Waals surface area contributed by atoms with Gasteiger partial charge in [-0.25, -0.2) is 0 Å². The van der Waals surface area contributed by atoms with Gasteiger partial charge >= 0.3 is 12.1 Å². The maximum absolute atomic E-state index is 12.8. The number of aliphatic hydroxyl groups excluding tert-OH is 1. The molecule has 39 heavy (non-hydrogen) atoms. The zero-order valence-corrected chi connectivity index (χ0v) is 20.9. The van der Waals surface area contributed by atoms with E-state index in [1.807, 2.05) is 6.07 Å². The van der Waals surface area contributed by atoms with Gasteiger partial charge in [0.15, 0.2) is 17.1 Å². The molecule has 0 saturated carbocycles. The van der Waals surface area contributed by atoms with E-state index >= 15 is 0 Å². The monoisotopic (exact) mass is 537 g/mol. The third-order valence-electron chi connectivity index (χ3n) is 7.12. The molecule has 3 aromatic carbocycles. The van der Waals surface area contributed by atoms with E-state index in [4.69, 9.17) is 13.6 Å². The second kappa shape index (κ2) is 10.3. The molecule has 1 fully saturated rings. The summed E-state index contributed by atoms with van der Waals surface area (Å²) < 4.78 is 54.7. The Kier molecular flexibility index (Phi) is 6.74. The van der Waals surface area contributed by atoms with E-state index in [0.717, 1.165) is 25.9 Å². The molecule has 1 aliphatic rings. The third kappa shape index (κ3) is 5.48. The fourth-order valence-corrected chi connectivity index (χ4v) is 5.14. The van der Waals surface area contributed by atoms with Gasteiger partial charge in [0, 0.05) is 11.9 Å². The summed E-state index contributed by atoms with van der Waals surface area (Å²) in [5, 5.41) is 20.2. The number of fused-ring (bicyclic) bond motifs is 2. The van der Waals surface area contributed by atoms with Crippen molar-refractivity contribution >= 4 is 21.7 Å². The molecule has 0 unspecified atom stereocenters. The summed E-state index contributed by atoms with van der Waals surface area (Å²) in [6.45, 7) is 2.29. The van der Waals surface area contributed by atoms with Gasteiger partial charge in [0.05, 0.1) is 0 Å². The molecule has 0 radical (unpaired) electrons. The molecule has 0 amide bonds. The highest BCUT2D eigenvalue weighted by Gasteiger charge is 2.38. The van der Waals surface area contributed by atoms with Crippen molar-refractivity contribution in [3.05, 3.63) is 78.2 Å². The van der Waals surface area contributed by atoms with E-state index in [1.54, 1.807) is 18.2 Å². The van der Waals surface area contributed by atoms with Crippen LogP contribution in [0.3, 0.4) is 0 Å². The lowest BCUT2D eigenvalue weighted by Gasteiger charge is -2.33. The summed E-state index contributed by atoms with van der Waals surface area (Å²) in [5.74, 6) is -0.964. The second-order valence-electron chi connectivity index (χ2n) is 9.84. The van der Waals surface area contributed by atoms with E-state index in [-0.39, 0.29) is 18.3 Å². The number of ether oxygens (including phenoxy) is 1. The number of rotatable bonds is 7. The number of halogens is 3. The fraction of sp³-hybridized carbons (Fsp3) is 0.310. The highest BCUT2D eigenvalue weighted by atomic mass is 19.4. The van der Waals surface area contributed by atoms with Crippen molar-refractivity contribution in [3.8, 4) is 17.4 Å². The number of aliphatic hydroxyl groups is 1. The van der Waals surface area contributed by atoms with Crippen LogP contribution in [0.5, 0.6) is 5.75 Å². The minimum absolute atomic E-state index is 0.00103. The molecular formula is C29H26F3N3O4. The molecule has 1 atom stereocenters. The van der Waals surface area contributed by atoms with Crippen LogP contribution in [0, 0.1) is 0 Å². The van der Waals surface area contributed by atoms with Crippen LogP contribution >= 0.6 is 0 Å². The van der Waals surface area contributed by atoms with Crippen molar-refractivity contribution in [2.75, 3.05) is 26.2 Å². The minimum Gasteiger partial charge on any atom is -0.487 e. The van der Waals surface area contributed by atoms with Crippen LogP contribution < -0.4 is 4.74 Å². The highest BCUT2D eigenvalue weighted by molar-refractivity contribution is 5.86. The maximum atomic E-state index is 12.8. The van der Waals surface area contributed by atoms with Gasteiger partial charge in [0.1, 0.15) is 12.7 Å². The van der Waals surface area contributed by atoms with E-state index < -0.39 is 18.2 Å². The van der Waals surface area contributed by atoms with Crippen LogP contribution in [-0.4, -0.2) is 52.5 Å². The summed E-state index contributed by atoms with van der Waals surface area (Å²) in [4.78, 5) is 2.24. The maximum Gasteiger partial charge on any atom is 0.470 e. The Morgan fingerprint density at radius 1 is 0.923 bits per heavy atom. The first-order valence-corrected chi connectivity index (χ1v) is 12.8. The Labute approximate surface area is 221 Å². The first kappa shape index (κ1) is 25.4. The molecule has 202 valence electrons. The van der Waals surface area contributed by atoms with Gasteiger partial charge in [-0.1, -0.05) is 54.6 Å². The Balaban J connectivity index is 1.04. The summed E-state index contributed by atoms with van der Waals surface area (Å²) in [7, 11) is 0. The topological polar surface area (TPSA) is 84.8 Å². The molecule has 7 nitrogen and oxygen atoms in total. The fourth-order valence-electron chi connectivity index (χ4n) is 5.14. The van der Waals surface area contributed by atoms with Crippen LogP contribution in [0.2, 0.25) is 0 Å². The zero-order chi connectivity index (χ0) is 27.0. The van der Waals surface area contributed by atoms with Gasteiger partial charge in [0.25, 0.3) is 5.89 Å². The molecule has 3 heterocycles. The number of aromatic nitrogens is 2. The molecule has 0 bridgehead atoms. The predicted molar refractivity (Wildman–Crippen MR) is 138 cm³/mol. The SMILES string of the molecule is O[C@H](COc1cccc2cc(-c3nnc(C(F)(F)F)o3)oc12)CN1CCC(c2ccc3ccccc3c2)CC1. The highest BCUT2D eigenvalue weighted by Crippen LogP contribution is 2.35. The van der Waals surface area contributed by atoms with Crippen molar-refractivity contribution < 1.29 is 31.8 Å². The molecule has 2 aromatic heterocycles. The lowest BCUT2D eigenvalue weighted by atomic mass is 9.88. The number of piperidine rings is 1. The lowest BCUT2D eigenvalue weighted by molar-refractivity contribution is -0.157. The van der Waals surface area contributed by atoms with Crippen molar-refractivity contribution in [3.63, 3.8) is 0 Å². The van der Waals surface area contributed by atoms with E-state index in [2.05, 4.69) is 51.5 Å². The van der Waals surface area contributed by atoms with Gasteiger partial charge < -0.3 is 23.6 Å². The van der Waals surface area contributed by atoms with E-state index in [1.165, 1.54) is 22.4 Å². The number of benzene rings is 3. The molecule has 10 heteroatoms. The zero-order valence-electron chi connectivity index (χ0n) is 20.9. The summed E-state index contributed by atoms with van der Waals surface area (Å²) in [5.41, 5.74) is 1.68. The number of β-amino-alcohol motifs (C(OH)–C–C–N with tert-alkyl or cyclic N) is 1. The van der Waals surface area contributed by atoms with Crippen molar-refractivity contribution in [1.82, 2.24) is 15.1 Å². The smallest absolute Gasteiger partial charge is 0.470 e. The summed E-state index contributed by atoms with van der Waals surface area (Å²) in [6.07, 6.45) is -3.43. The summed E-state index contributed by atoms with van der Waals surface area (Å²) >= 11 is 0. The molecular weight excluding hydrogens is 511 g/mol. The van der Waals surface area contributed by atoms with E-state index in [0.29, 0.717) is 29.2 Å². The molecule has 6 rings (SSSR count). The van der Waals surface area contributed by atoms with Gasteiger partial charge in [-0.2, -0.15) is 13.2 Å². The van der Waals surface area contributed by atoms with Crippen LogP contribution in [0.1, 0.15) is 30.2 Å². The van der Waals surface area contributed by atoms with Gasteiger partial charge in [-0.05, 0) is 60.3 Å². The number of hydrogen-bond acceptors (Lipinski definition) is 7. The van der Waals surface area contributed by atoms with Crippen molar-refractivity contribution in [1.29, 1.82) is 0 Å². The Bertz CT molecular complexity index is 1590. The number of para-hydroxylation sites is 1. The minimum atomic E-state index is -4.74. The summed E-state index contributed by atoms with van der Waals surface area (Å²) in [6, 6.07) is 21.7. The number of furan rings is 1. The van der Waals surface area contributed by atoms with Crippen molar-refractivity contribution in [2.45, 2.75) is 31.0 Å². The van der Waals surface area contributed by atoms with Gasteiger partial charge in [-0.3, -0.25) is 0 Å². The van der Waals surface area contributed by atoms with Crippen LogP contribution in [0.25, 0.3) is 33.4 Å². The lowest BCUT2D eigenvalue weighted by Crippen LogP contribution is -2.40. The van der Waals surface area contributed by atoms with E-state index in [9.17, 15) is 18.3 Å². The second-order valence-corrected chi connectivity index (χ2v) is 9.84. The molecule has 1 N–H and O–H groups in total. The Hall–Kier alpha value is -3.89. The first-order valence-electron chi connectivity index (χ1n) is 12.8. The Morgan fingerprint density at radius 3 is 2.46 bits per heavy atom. The first-order chi connectivity index (χ1) is 18.8. The number of likely N-dealkylation sites (tertiary alicyclic amines) is 1. The molecule has 0 spiro atoms. The Morgan fingerprint density at radius 2 is 1.69 bits per heavy atom. The molecule has 5 aromatic rings. The van der Waals surface area contributed by atoms with Crippen LogP contribution in [-0.2, 0) is 6.18 Å². The molecule has 0 aliphatic carbocycles. The molecule has 1 aliphatic heterocycles. The van der Waals surface area contributed by atoms with Gasteiger partial charge in [0.2, 0.25) is 0 Å². The van der Waals surface area contributed by atoms with Crippen molar-refractivity contribution in [2.24, 2.45) is 0 Å². The average Bonchev–Trinajstić information content (AvgIpc) is 3.60. The largest absolute Gasteiger partial charge is 0.487 e. The van der Waals surface area contributed by atoms with Crippen LogP contribution in [0.15, 0.2) is 75.6 Å². The number of nitrogens with zero attached hydrogens (tertiary/aromatic N) is 3. The standard InChI is InChI=1S/C29H26F3N3O4/c30-29(31,32)28-34-33-27(39-28)25-15-22-6-3-7-24(26(22)38-25)37-17-23(36)16-35-12-10-19(11-13-35)21-9-8-18-4-1-2-5-20(18)14-21/h1-9,14-15,19,23,36H,10-13,16-17H2/t23-/m0/s1. The molecule has 1 saturated heterocycles.